The number of alkyl carbamates (subject to hydrolysis) is 1. The van der Waals surface area contributed by atoms with E-state index in [0.717, 1.165) is 4.90 Å². The minimum absolute atomic E-state index is 0.0396. The first-order valence-corrected chi connectivity index (χ1v) is 21.6. The van der Waals surface area contributed by atoms with E-state index in [-0.39, 0.29) is 42.6 Å². The Morgan fingerprint density at radius 3 is 2.38 bits per heavy atom. The van der Waals surface area contributed by atoms with Gasteiger partial charge in [-0.2, -0.15) is 17.6 Å². The van der Waals surface area contributed by atoms with Crippen molar-refractivity contribution in [2.45, 2.75) is 133 Å². The first kappa shape index (κ1) is 43.3. The monoisotopic (exact) mass is 866 g/mol. The maximum atomic E-state index is 16.3. The lowest BCUT2D eigenvalue weighted by Crippen LogP contribution is -2.61. The Labute approximate surface area is 344 Å². The fourth-order valence-electron chi connectivity index (χ4n) is 8.21. The number of carbonyl (C=O) groups is 4. The molecule has 1 saturated heterocycles. The SMILES string of the molecule is CC[C@@H]1[C@@H]2CN(C(=O)[C@H](C(C)(C)C)NC(=O)O[C@@H]3C[C@H]3CCCCC(F)(F)c3nc4ccc(OC)cc4nc3O2)[C@@H]1C(=O)N[C@]1(C(=O)NS(=O)(=O)C2(C)CC2)CC1=C(F)F. The molecule has 3 saturated carbocycles. The fraction of sp³-hybridized carbons (Fsp3) is 0.650. The van der Waals surface area contributed by atoms with E-state index >= 15 is 8.78 Å². The third-order valence-corrected chi connectivity index (χ3v) is 14.6. The normalized spacial score (nSPS) is 30.0. The zero-order chi connectivity index (χ0) is 43.7. The number of amides is 4. The van der Waals surface area contributed by atoms with Gasteiger partial charge in [0.25, 0.3) is 17.9 Å². The van der Waals surface area contributed by atoms with E-state index in [2.05, 4.69) is 20.6 Å². The number of benzene rings is 1. The second-order valence-corrected chi connectivity index (χ2v) is 20.1. The van der Waals surface area contributed by atoms with Gasteiger partial charge >= 0.3 is 6.09 Å². The van der Waals surface area contributed by atoms with Crippen LogP contribution < -0.4 is 24.8 Å². The van der Waals surface area contributed by atoms with Gasteiger partial charge in [0.15, 0.2) is 11.2 Å². The number of hydrogen-bond acceptors (Lipinski definition) is 11. The number of alkyl halides is 2. The molecule has 0 spiro atoms. The molecule has 20 heteroatoms. The molecule has 7 atom stereocenters. The van der Waals surface area contributed by atoms with Crippen molar-refractivity contribution in [3.8, 4) is 11.6 Å². The van der Waals surface area contributed by atoms with Gasteiger partial charge in [-0.15, -0.1) is 0 Å². The Bertz CT molecular complexity index is 2250. The molecule has 1 aromatic heterocycles. The summed E-state index contributed by atoms with van der Waals surface area (Å²) in [6, 6.07) is 1.54. The van der Waals surface area contributed by atoms with Crippen molar-refractivity contribution in [1.29, 1.82) is 0 Å². The van der Waals surface area contributed by atoms with Gasteiger partial charge in [-0.25, -0.2) is 23.2 Å². The average Bonchev–Trinajstić information content (AvgIpc) is 4.12. The molecule has 7 rings (SSSR count). The molecule has 4 amide bonds. The standard InChI is InChI=1S/C40H50F4N6O9S/c1-7-22-27-19-50(28(22)32(51)48-39(18-23(39)31(41)42)35(53)49-60(55,56)38(5)14-15-38)34(52)30(37(2,3)4)47-36(54)59-26-16-20(26)10-8-9-13-40(43,44)29-33(58-27)46-25-17-21(57-6)11-12-24(25)45-29/h11-12,17,20,22,26-28,30H,7-10,13-16,18-19H2,1-6H3,(H,47,54)(H,48,51)(H,49,53)/t20-,22-,26-,27+,28+,30-,39-/m1/s1. The smallest absolute Gasteiger partial charge is 0.408 e. The van der Waals surface area contributed by atoms with Crippen LogP contribution in [-0.4, -0.2) is 95.3 Å². The molecule has 3 heterocycles. The van der Waals surface area contributed by atoms with Crippen LogP contribution in [0.15, 0.2) is 29.9 Å². The van der Waals surface area contributed by atoms with E-state index in [1.54, 1.807) is 33.8 Å². The summed E-state index contributed by atoms with van der Waals surface area (Å²) in [5.74, 6) is -8.22. The number of nitrogens with one attached hydrogen (secondary N) is 3. The molecular weight excluding hydrogens is 817 g/mol. The van der Waals surface area contributed by atoms with Gasteiger partial charge in [0.2, 0.25) is 27.7 Å². The lowest BCUT2D eigenvalue weighted by Gasteiger charge is -2.36. The highest BCUT2D eigenvalue weighted by molar-refractivity contribution is 7.91. The number of sulfonamides is 1. The first-order chi connectivity index (χ1) is 28.0. The molecule has 2 bridgehead atoms. The highest BCUT2D eigenvalue weighted by atomic mass is 32.2. The zero-order valence-corrected chi connectivity index (χ0v) is 35.0. The van der Waals surface area contributed by atoms with Crippen molar-refractivity contribution >= 4 is 44.9 Å². The quantitative estimate of drug-likeness (QED) is 0.309. The number of fused-ring (bicyclic) bond motifs is 5. The number of halogens is 4. The Morgan fingerprint density at radius 1 is 1.05 bits per heavy atom. The van der Waals surface area contributed by atoms with Crippen molar-refractivity contribution in [2.24, 2.45) is 17.3 Å². The molecule has 60 heavy (non-hydrogen) atoms. The van der Waals surface area contributed by atoms with Gasteiger partial charge in [0, 0.05) is 30.4 Å². The van der Waals surface area contributed by atoms with Crippen molar-refractivity contribution < 1.29 is 59.4 Å². The minimum atomic E-state index is -4.34. The summed E-state index contributed by atoms with van der Waals surface area (Å²) >= 11 is 0. The van der Waals surface area contributed by atoms with Crippen LogP contribution in [0.1, 0.15) is 98.1 Å². The third-order valence-electron chi connectivity index (χ3n) is 12.5. The molecular formula is C40H50F4N6O9S. The molecule has 328 valence electrons. The van der Waals surface area contributed by atoms with Crippen molar-refractivity contribution in [1.82, 2.24) is 30.2 Å². The molecule has 1 aromatic carbocycles. The summed E-state index contributed by atoms with van der Waals surface area (Å²) in [5, 5.41) is 5.00. The maximum absolute atomic E-state index is 16.3. The number of aromatic nitrogens is 2. The fourth-order valence-corrected chi connectivity index (χ4v) is 9.51. The first-order valence-electron chi connectivity index (χ1n) is 20.2. The molecule has 4 fully saturated rings. The van der Waals surface area contributed by atoms with Gasteiger partial charge in [0.05, 0.1) is 29.4 Å². The molecule has 3 N–H and O–H groups in total. The topological polar surface area (TPSA) is 195 Å². The van der Waals surface area contributed by atoms with Gasteiger partial charge in [-0.05, 0) is 68.9 Å². The van der Waals surface area contributed by atoms with Crippen LogP contribution in [0, 0.1) is 17.3 Å². The molecule has 5 aliphatic rings. The maximum Gasteiger partial charge on any atom is 0.408 e. The summed E-state index contributed by atoms with van der Waals surface area (Å²) in [6.45, 7) is 7.57. The zero-order valence-electron chi connectivity index (χ0n) is 34.2. The van der Waals surface area contributed by atoms with Crippen molar-refractivity contribution in [3.05, 3.63) is 35.5 Å². The van der Waals surface area contributed by atoms with Gasteiger partial charge in [-0.1, -0.05) is 34.1 Å². The number of methoxy groups -OCH3 is 1. The van der Waals surface area contributed by atoms with E-state index in [1.807, 2.05) is 4.72 Å². The Balaban J connectivity index is 1.31. The van der Waals surface area contributed by atoms with E-state index < -0.39 is 128 Å². The van der Waals surface area contributed by atoms with Crippen LogP contribution in [0.4, 0.5) is 22.4 Å². The number of carbonyl (C=O) groups excluding carboxylic acids is 4. The predicted molar refractivity (Wildman–Crippen MR) is 206 cm³/mol. The summed E-state index contributed by atoms with van der Waals surface area (Å²) in [5.41, 5.74) is -4.79. The molecule has 0 unspecified atom stereocenters. The van der Waals surface area contributed by atoms with Crippen LogP contribution in [0.2, 0.25) is 0 Å². The van der Waals surface area contributed by atoms with Crippen molar-refractivity contribution in [3.63, 3.8) is 0 Å². The Hall–Kier alpha value is -4.75. The molecule has 2 aliphatic heterocycles. The second kappa shape index (κ2) is 15.3. The van der Waals surface area contributed by atoms with Crippen LogP contribution >= 0.6 is 0 Å². The predicted octanol–water partition coefficient (Wildman–Crippen LogP) is 5.23. The number of rotatable bonds is 7. The Morgan fingerprint density at radius 2 is 1.77 bits per heavy atom. The molecule has 0 radical (unpaired) electrons. The van der Waals surface area contributed by atoms with E-state index in [9.17, 15) is 36.4 Å². The van der Waals surface area contributed by atoms with Crippen LogP contribution in [0.5, 0.6) is 11.6 Å². The third kappa shape index (κ3) is 8.19. The Kier molecular flexibility index (Phi) is 11.1. The summed E-state index contributed by atoms with van der Waals surface area (Å²) in [7, 11) is -2.92. The number of hydrogen-bond donors (Lipinski definition) is 3. The van der Waals surface area contributed by atoms with Gasteiger partial charge in [0.1, 0.15) is 30.0 Å². The summed E-state index contributed by atoms with van der Waals surface area (Å²) in [6.07, 6.45) is -4.27. The lowest BCUT2D eigenvalue weighted by atomic mass is 9.85. The van der Waals surface area contributed by atoms with E-state index in [4.69, 9.17) is 14.2 Å². The van der Waals surface area contributed by atoms with Gasteiger partial charge in [-0.3, -0.25) is 19.1 Å². The summed E-state index contributed by atoms with van der Waals surface area (Å²) < 4.78 is 105. The van der Waals surface area contributed by atoms with Crippen LogP contribution in [0.25, 0.3) is 11.0 Å². The van der Waals surface area contributed by atoms with Gasteiger partial charge < -0.3 is 29.7 Å². The number of ether oxygens (including phenoxy) is 3. The van der Waals surface area contributed by atoms with Crippen molar-refractivity contribution in [2.75, 3.05) is 13.7 Å². The molecule has 3 aliphatic carbocycles. The van der Waals surface area contributed by atoms with Crippen LogP contribution in [-0.2, 0) is 35.1 Å². The minimum Gasteiger partial charge on any atom is -0.497 e. The number of nitrogens with zero attached hydrogens (tertiary/aromatic N) is 3. The largest absolute Gasteiger partial charge is 0.497 e. The van der Waals surface area contributed by atoms with E-state index in [0.29, 0.717) is 25.0 Å². The second-order valence-electron chi connectivity index (χ2n) is 17.9. The lowest BCUT2D eigenvalue weighted by molar-refractivity contribution is -0.143. The summed E-state index contributed by atoms with van der Waals surface area (Å²) in [4.78, 5) is 66.2. The van der Waals surface area contributed by atoms with Crippen LogP contribution in [0.3, 0.4) is 0 Å². The highest BCUT2D eigenvalue weighted by Crippen LogP contribution is 2.49. The highest BCUT2D eigenvalue weighted by Gasteiger charge is 2.64. The van der Waals surface area contributed by atoms with E-state index in [1.165, 1.54) is 26.2 Å². The molecule has 15 nitrogen and oxygen atoms in total. The molecule has 2 aromatic rings. The average molecular weight is 867 g/mol.